The van der Waals surface area contributed by atoms with E-state index in [0.29, 0.717) is 34.8 Å². The number of fused-ring (bicyclic) bond motifs is 1. The smallest absolute Gasteiger partial charge is 0.257 e. The lowest BCUT2D eigenvalue weighted by Gasteiger charge is -2.33. The summed E-state index contributed by atoms with van der Waals surface area (Å²) in [6, 6.07) is 18.5. The van der Waals surface area contributed by atoms with Crippen LogP contribution in [0.2, 0.25) is 5.02 Å². The Kier molecular flexibility index (Phi) is 9.71. The van der Waals surface area contributed by atoms with Crippen molar-refractivity contribution >= 4 is 34.4 Å². The summed E-state index contributed by atoms with van der Waals surface area (Å²) in [5.74, 6) is 1.17. The summed E-state index contributed by atoms with van der Waals surface area (Å²) in [5.41, 5.74) is 4.51. The first-order valence-corrected chi connectivity index (χ1v) is 14.5. The predicted molar refractivity (Wildman–Crippen MR) is 165 cm³/mol. The number of amides is 1. The number of nitrogens with zero attached hydrogens (tertiary/aromatic N) is 4. The first-order valence-electron chi connectivity index (χ1n) is 14.2. The lowest BCUT2D eigenvalue weighted by atomic mass is 10.0. The van der Waals surface area contributed by atoms with E-state index >= 15 is 0 Å². The molecule has 0 aliphatic carbocycles. The number of likely N-dealkylation sites (tertiary alicyclic amines) is 1. The maximum Gasteiger partial charge on any atom is 0.257 e. The van der Waals surface area contributed by atoms with Gasteiger partial charge in [-0.3, -0.25) is 4.79 Å². The molecule has 4 aromatic rings. The van der Waals surface area contributed by atoms with E-state index in [2.05, 4.69) is 55.8 Å². The molecule has 3 heterocycles. The van der Waals surface area contributed by atoms with Crippen molar-refractivity contribution in [3.63, 3.8) is 0 Å². The Balaban J connectivity index is 1.17. The molecule has 0 atom stereocenters. The first kappa shape index (κ1) is 28.9. The molecule has 5 rings (SSSR count). The monoisotopic (exact) mass is 575 g/mol. The molecule has 1 saturated heterocycles. The number of carbonyl (C=O) groups excluding carboxylic acids is 1. The van der Waals surface area contributed by atoms with Crippen molar-refractivity contribution in [1.29, 1.82) is 0 Å². The lowest BCUT2D eigenvalue weighted by Crippen LogP contribution is -2.40. The standard InChI is InChI=1S/C31H38ClN7O2/c1-38(2)19-15-33-27(40)21-41-25-10-8-23(9-11-25)30-36-29-28(26(32)20-34-31(29)37-30)35-24-13-17-39(18-14-24)16-12-22-6-4-3-5-7-22/h3-11,20,24H,12-19,21H2,1-2H3,(H,33,40)(H2,34,35,36,37). The Labute approximate surface area is 246 Å². The normalized spacial score (nSPS) is 14.4. The molecule has 1 fully saturated rings. The number of aromatic nitrogens is 3. The fraction of sp³-hybridized carbons (Fsp3) is 0.387. The molecule has 1 amide bonds. The fourth-order valence-electron chi connectivity index (χ4n) is 4.97. The summed E-state index contributed by atoms with van der Waals surface area (Å²) in [6.45, 7) is 4.52. The summed E-state index contributed by atoms with van der Waals surface area (Å²) in [6.07, 6.45) is 4.83. The number of aromatic amines is 1. The molecule has 0 radical (unpaired) electrons. The highest BCUT2D eigenvalue weighted by molar-refractivity contribution is 6.34. The van der Waals surface area contributed by atoms with E-state index in [0.717, 1.165) is 62.2 Å². The minimum Gasteiger partial charge on any atom is -0.484 e. The zero-order valence-corrected chi connectivity index (χ0v) is 24.5. The summed E-state index contributed by atoms with van der Waals surface area (Å²) < 4.78 is 5.64. The summed E-state index contributed by atoms with van der Waals surface area (Å²) in [5, 5.41) is 7.07. The van der Waals surface area contributed by atoms with Crippen LogP contribution < -0.4 is 15.4 Å². The van der Waals surface area contributed by atoms with E-state index in [1.807, 2.05) is 43.3 Å². The minimum absolute atomic E-state index is 0.0270. The number of carbonyl (C=O) groups is 1. The molecule has 0 unspecified atom stereocenters. The van der Waals surface area contributed by atoms with Gasteiger partial charge in [0, 0.05) is 44.3 Å². The Morgan fingerprint density at radius 3 is 2.61 bits per heavy atom. The van der Waals surface area contributed by atoms with Gasteiger partial charge in [0.15, 0.2) is 12.3 Å². The van der Waals surface area contributed by atoms with E-state index in [4.69, 9.17) is 21.3 Å². The molecular formula is C31H38ClN7O2. The molecular weight excluding hydrogens is 538 g/mol. The highest BCUT2D eigenvalue weighted by atomic mass is 35.5. The molecule has 2 aromatic carbocycles. The molecule has 41 heavy (non-hydrogen) atoms. The van der Waals surface area contributed by atoms with Gasteiger partial charge in [-0.25, -0.2) is 9.97 Å². The van der Waals surface area contributed by atoms with Crippen molar-refractivity contribution in [2.45, 2.75) is 25.3 Å². The quantitative estimate of drug-likeness (QED) is 0.229. The third kappa shape index (κ3) is 7.97. The summed E-state index contributed by atoms with van der Waals surface area (Å²) in [7, 11) is 3.93. The number of halogens is 1. The van der Waals surface area contributed by atoms with Crippen molar-refractivity contribution in [3.05, 3.63) is 71.4 Å². The van der Waals surface area contributed by atoms with Crippen LogP contribution in [0.15, 0.2) is 60.8 Å². The number of pyridine rings is 1. The second kappa shape index (κ2) is 13.8. The predicted octanol–water partition coefficient (Wildman–Crippen LogP) is 4.45. The number of likely N-dealkylation sites (N-methyl/N-ethyl adjacent to an activating group) is 1. The number of imidazole rings is 1. The molecule has 0 spiro atoms. The van der Waals surface area contributed by atoms with Crippen LogP contribution in [0, 0.1) is 0 Å². The lowest BCUT2D eigenvalue weighted by molar-refractivity contribution is -0.123. The Morgan fingerprint density at radius 1 is 1.12 bits per heavy atom. The Hall–Kier alpha value is -3.66. The number of hydrogen-bond donors (Lipinski definition) is 3. The number of piperidine rings is 1. The van der Waals surface area contributed by atoms with Crippen LogP contribution in [0.25, 0.3) is 22.6 Å². The topological polar surface area (TPSA) is 98.4 Å². The second-order valence-electron chi connectivity index (χ2n) is 10.7. The zero-order valence-electron chi connectivity index (χ0n) is 23.7. The number of H-pyrrole nitrogens is 1. The first-order chi connectivity index (χ1) is 19.9. The number of benzene rings is 2. The number of rotatable bonds is 12. The van der Waals surface area contributed by atoms with Crippen molar-refractivity contribution < 1.29 is 9.53 Å². The molecule has 3 N–H and O–H groups in total. The largest absolute Gasteiger partial charge is 0.484 e. The van der Waals surface area contributed by atoms with Gasteiger partial charge in [-0.15, -0.1) is 0 Å². The number of hydrogen-bond acceptors (Lipinski definition) is 7. The number of anilines is 1. The minimum atomic E-state index is -0.144. The van der Waals surface area contributed by atoms with Crippen LogP contribution >= 0.6 is 11.6 Å². The third-order valence-corrected chi connectivity index (χ3v) is 7.63. The number of nitrogens with one attached hydrogen (secondary N) is 3. The van der Waals surface area contributed by atoms with Crippen LogP contribution in [0.1, 0.15) is 18.4 Å². The highest BCUT2D eigenvalue weighted by Gasteiger charge is 2.22. The van der Waals surface area contributed by atoms with Crippen LogP contribution in [-0.4, -0.2) is 90.1 Å². The average Bonchev–Trinajstić information content (AvgIpc) is 3.42. The van der Waals surface area contributed by atoms with Gasteiger partial charge in [0.05, 0.1) is 16.9 Å². The van der Waals surface area contributed by atoms with Crippen LogP contribution in [-0.2, 0) is 11.2 Å². The summed E-state index contributed by atoms with van der Waals surface area (Å²) in [4.78, 5) is 29.2. The maximum absolute atomic E-state index is 12.0. The van der Waals surface area contributed by atoms with Gasteiger partial charge in [-0.1, -0.05) is 41.9 Å². The van der Waals surface area contributed by atoms with Crippen molar-refractivity contribution in [2.24, 2.45) is 0 Å². The second-order valence-corrected chi connectivity index (χ2v) is 11.1. The Bertz CT molecular complexity index is 1420. The molecule has 9 nitrogen and oxygen atoms in total. The molecule has 0 saturated carbocycles. The number of ether oxygens (including phenoxy) is 1. The molecule has 1 aliphatic rings. The molecule has 2 aromatic heterocycles. The van der Waals surface area contributed by atoms with Gasteiger partial charge in [-0.05, 0) is 63.2 Å². The molecule has 1 aliphatic heterocycles. The van der Waals surface area contributed by atoms with E-state index in [1.54, 1.807) is 6.20 Å². The van der Waals surface area contributed by atoms with Crippen molar-refractivity contribution in [3.8, 4) is 17.1 Å². The van der Waals surface area contributed by atoms with Gasteiger partial charge in [0.1, 0.15) is 17.1 Å². The average molecular weight is 576 g/mol. The molecule has 216 valence electrons. The van der Waals surface area contributed by atoms with Gasteiger partial charge < -0.3 is 30.2 Å². The van der Waals surface area contributed by atoms with Crippen molar-refractivity contribution in [1.82, 2.24) is 30.1 Å². The van der Waals surface area contributed by atoms with E-state index in [1.165, 1.54) is 5.56 Å². The van der Waals surface area contributed by atoms with E-state index < -0.39 is 0 Å². The Morgan fingerprint density at radius 2 is 1.88 bits per heavy atom. The maximum atomic E-state index is 12.0. The highest BCUT2D eigenvalue weighted by Crippen LogP contribution is 2.32. The molecule has 10 heteroatoms. The third-order valence-electron chi connectivity index (χ3n) is 7.34. The van der Waals surface area contributed by atoms with E-state index in [9.17, 15) is 4.79 Å². The van der Waals surface area contributed by atoms with E-state index in [-0.39, 0.29) is 12.5 Å². The van der Waals surface area contributed by atoms with Crippen LogP contribution in [0.3, 0.4) is 0 Å². The van der Waals surface area contributed by atoms with Gasteiger partial charge in [0.2, 0.25) is 0 Å². The van der Waals surface area contributed by atoms with Gasteiger partial charge >= 0.3 is 0 Å². The molecule has 0 bridgehead atoms. The SMILES string of the molecule is CN(C)CCNC(=O)COc1ccc(-c2nc3c(NC4CCN(CCc5ccccc5)CC4)c(Cl)cnc3[nH]2)cc1. The van der Waals surface area contributed by atoms with Crippen LogP contribution in [0.5, 0.6) is 5.75 Å². The van der Waals surface area contributed by atoms with Crippen LogP contribution in [0.4, 0.5) is 5.69 Å². The fourth-order valence-corrected chi connectivity index (χ4v) is 5.16. The summed E-state index contributed by atoms with van der Waals surface area (Å²) >= 11 is 6.61. The van der Waals surface area contributed by atoms with Crippen molar-refractivity contribution in [2.75, 3.05) is 58.7 Å². The zero-order chi connectivity index (χ0) is 28.6. The van der Waals surface area contributed by atoms with Gasteiger partial charge in [-0.2, -0.15) is 0 Å². The van der Waals surface area contributed by atoms with Gasteiger partial charge in [0.25, 0.3) is 5.91 Å².